The first-order chi connectivity index (χ1) is 16.0. The molecule has 33 heavy (non-hydrogen) atoms. The number of nitrogens with one attached hydrogen (secondary N) is 2. The van der Waals surface area contributed by atoms with E-state index in [4.69, 9.17) is 9.47 Å². The number of ether oxygens (including phenoxy) is 2. The number of anilines is 1. The molecule has 1 saturated carbocycles. The lowest BCUT2D eigenvalue weighted by Gasteiger charge is -2.45. The van der Waals surface area contributed by atoms with Gasteiger partial charge in [0.2, 0.25) is 17.7 Å². The molecule has 10 heteroatoms. The van der Waals surface area contributed by atoms with Gasteiger partial charge in [-0.15, -0.1) is 5.10 Å². The van der Waals surface area contributed by atoms with Crippen molar-refractivity contribution in [2.75, 3.05) is 26.1 Å². The summed E-state index contributed by atoms with van der Waals surface area (Å²) in [5.41, 5.74) is 4.10. The Bertz CT molecular complexity index is 1330. The lowest BCUT2D eigenvalue weighted by Crippen LogP contribution is -2.60. The highest BCUT2D eigenvalue weighted by molar-refractivity contribution is 5.89. The van der Waals surface area contributed by atoms with Crippen LogP contribution in [-0.4, -0.2) is 62.9 Å². The van der Waals surface area contributed by atoms with Crippen molar-refractivity contribution < 1.29 is 14.3 Å². The first kappa shape index (κ1) is 21.1. The van der Waals surface area contributed by atoms with E-state index in [9.17, 15) is 4.79 Å². The normalized spacial score (nSPS) is 19.9. The predicted molar refractivity (Wildman–Crippen MR) is 123 cm³/mol. The van der Waals surface area contributed by atoms with E-state index in [0.717, 1.165) is 40.5 Å². The van der Waals surface area contributed by atoms with Crippen LogP contribution in [0.3, 0.4) is 0 Å². The Morgan fingerprint density at radius 2 is 1.97 bits per heavy atom. The molecule has 1 fully saturated rings. The zero-order valence-electron chi connectivity index (χ0n) is 18.7. The number of nitrogens with zero attached hydrogens (tertiary/aromatic N) is 5. The molecule has 4 aromatic rings. The molecule has 170 valence electrons. The second-order valence-electron chi connectivity index (χ2n) is 8.52. The zero-order valence-corrected chi connectivity index (χ0v) is 18.7. The van der Waals surface area contributed by atoms with Crippen molar-refractivity contribution in [1.82, 2.24) is 29.9 Å². The molecular formula is C23H25N7O3. The summed E-state index contributed by atoms with van der Waals surface area (Å²) in [5.74, 6) is 0.834. The van der Waals surface area contributed by atoms with Gasteiger partial charge < -0.3 is 20.1 Å². The van der Waals surface area contributed by atoms with E-state index in [2.05, 4.69) is 30.7 Å². The summed E-state index contributed by atoms with van der Waals surface area (Å²) in [4.78, 5) is 25.2. The Balaban J connectivity index is 1.38. The van der Waals surface area contributed by atoms with E-state index >= 15 is 0 Å². The maximum Gasteiger partial charge on any atom is 0.246 e. The molecule has 1 amide bonds. The molecule has 10 nitrogen and oxygen atoms in total. The molecule has 5 rings (SSSR count). The van der Waals surface area contributed by atoms with Gasteiger partial charge in [-0.25, -0.2) is 4.52 Å². The first-order valence-electron chi connectivity index (χ1n) is 10.7. The molecule has 0 aliphatic heterocycles. The van der Waals surface area contributed by atoms with Crippen molar-refractivity contribution in [3.8, 4) is 17.0 Å². The highest BCUT2D eigenvalue weighted by Crippen LogP contribution is 2.35. The van der Waals surface area contributed by atoms with Gasteiger partial charge in [-0.3, -0.25) is 14.8 Å². The van der Waals surface area contributed by atoms with Crippen LogP contribution in [0.15, 0.2) is 42.9 Å². The highest BCUT2D eigenvalue weighted by atomic mass is 16.5. The fourth-order valence-corrected chi connectivity index (χ4v) is 4.48. The van der Waals surface area contributed by atoms with Gasteiger partial charge >= 0.3 is 0 Å². The number of carbonyl (C=O) groups excluding carboxylic acids is 1. The molecule has 0 unspecified atom stereocenters. The monoisotopic (exact) mass is 447 g/mol. The van der Waals surface area contributed by atoms with Gasteiger partial charge in [0, 0.05) is 42.8 Å². The summed E-state index contributed by atoms with van der Waals surface area (Å²) in [6.45, 7) is 2.08. The minimum Gasteiger partial charge on any atom is -0.479 e. The smallest absolute Gasteiger partial charge is 0.246 e. The molecule has 0 saturated heterocycles. The van der Waals surface area contributed by atoms with E-state index in [1.807, 2.05) is 37.4 Å². The molecule has 2 N–H and O–H groups in total. The zero-order chi connectivity index (χ0) is 23.0. The summed E-state index contributed by atoms with van der Waals surface area (Å²) >= 11 is 0. The number of fused-ring (bicyclic) bond motifs is 2. The Morgan fingerprint density at radius 3 is 2.73 bits per heavy atom. The van der Waals surface area contributed by atoms with E-state index in [1.54, 1.807) is 24.0 Å². The van der Waals surface area contributed by atoms with Crippen LogP contribution < -0.4 is 15.4 Å². The number of methoxy groups -OCH3 is 2. The van der Waals surface area contributed by atoms with Crippen molar-refractivity contribution in [2.45, 2.75) is 31.3 Å². The van der Waals surface area contributed by atoms with Gasteiger partial charge in [0.05, 0.1) is 18.1 Å². The second-order valence-corrected chi connectivity index (χ2v) is 8.52. The fourth-order valence-electron chi connectivity index (χ4n) is 4.48. The molecule has 3 aromatic heterocycles. The van der Waals surface area contributed by atoms with Crippen LogP contribution in [0.2, 0.25) is 0 Å². The van der Waals surface area contributed by atoms with Gasteiger partial charge in [-0.2, -0.15) is 4.98 Å². The Labute approximate surface area is 190 Å². The molecule has 0 radical (unpaired) electrons. The maximum absolute atomic E-state index is 11.8. The van der Waals surface area contributed by atoms with Gasteiger partial charge in [-0.05, 0) is 43.5 Å². The molecule has 0 spiro atoms. The minimum absolute atomic E-state index is 0.0599. The molecule has 0 atom stereocenters. The van der Waals surface area contributed by atoms with Crippen molar-refractivity contribution in [3.05, 3.63) is 42.9 Å². The number of hydrogen-bond acceptors (Lipinski definition) is 8. The summed E-state index contributed by atoms with van der Waals surface area (Å²) in [6, 6.07) is 8.08. The topological polar surface area (TPSA) is 116 Å². The predicted octanol–water partition coefficient (Wildman–Crippen LogP) is 2.44. The Morgan fingerprint density at radius 1 is 1.18 bits per heavy atom. The third kappa shape index (κ3) is 4.05. The second kappa shape index (κ2) is 8.28. The third-order valence-electron chi connectivity index (χ3n) is 5.90. The van der Waals surface area contributed by atoms with Crippen LogP contribution in [0, 0.1) is 0 Å². The van der Waals surface area contributed by atoms with E-state index < -0.39 is 0 Å². The van der Waals surface area contributed by atoms with Crippen molar-refractivity contribution in [1.29, 1.82) is 0 Å². The standard InChI is InChI=1S/C23H25N7O3/c1-23(28-19(31)13-32-2)11-15(12-23)26-22-27-21(33-3)20-16(6-9-30(20)29-22)14-4-5-17-18(10-14)25-8-7-24-17/h4-10,15H,11-13H2,1-3H3,(H,26,29)(H,28,31). The molecular weight excluding hydrogens is 422 g/mol. The van der Waals surface area contributed by atoms with Crippen molar-refractivity contribution in [3.63, 3.8) is 0 Å². The minimum atomic E-state index is -0.263. The van der Waals surface area contributed by atoms with Crippen LogP contribution in [0.1, 0.15) is 19.8 Å². The fraction of sp³-hybridized carbons (Fsp3) is 0.348. The first-order valence-corrected chi connectivity index (χ1v) is 10.7. The number of carbonyl (C=O) groups is 1. The number of rotatable bonds is 7. The molecule has 1 aliphatic carbocycles. The van der Waals surface area contributed by atoms with Crippen LogP contribution >= 0.6 is 0 Å². The molecule has 3 heterocycles. The lowest BCUT2D eigenvalue weighted by atomic mass is 9.74. The number of amides is 1. The highest BCUT2D eigenvalue weighted by Gasteiger charge is 2.41. The molecule has 0 bridgehead atoms. The SMILES string of the molecule is COCC(=O)NC1(C)CC(Nc2nc(OC)c3c(-c4ccc5nccnc5c4)ccn3n2)C1. The number of hydrogen-bond donors (Lipinski definition) is 2. The van der Waals surface area contributed by atoms with Crippen LogP contribution in [0.25, 0.3) is 27.7 Å². The van der Waals surface area contributed by atoms with Gasteiger partial charge in [0.25, 0.3) is 0 Å². The third-order valence-corrected chi connectivity index (χ3v) is 5.90. The summed E-state index contributed by atoms with van der Waals surface area (Å²) in [7, 11) is 3.11. The molecule has 1 aromatic carbocycles. The van der Waals surface area contributed by atoms with Crippen molar-refractivity contribution >= 4 is 28.4 Å². The summed E-state index contributed by atoms with van der Waals surface area (Å²) in [5, 5.41) is 11.0. The van der Waals surface area contributed by atoms with Crippen molar-refractivity contribution in [2.24, 2.45) is 0 Å². The average molecular weight is 447 g/mol. The Kier molecular flexibility index (Phi) is 5.29. The Hall–Kier alpha value is -3.79. The lowest BCUT2D eigenvalue weighted by molar-refractivity contribution is -0.127. The van der Waals surface area contributed by atoms with E-state index in [0.29, 0.717) is 11.8 Å². The largest absolute Gasteiger partial charge is 0.479 e. The van der Waals surface area contributed by atoms with Crippen LogP contribution in [0.5, 0.6) is 5.88 Å². The summed E-state index contributed by atoms with van der Waals surface area (Å²) in [6.07, 6.45) is 6.78. The van der Waals surface area contributed by atoms with Crippen LogP contribution in [0.4, 0.5) is 5.95 Å². The van der Waals surface area contributed by atoms with E-state index in [-0.39, 0.29) is 24.1 Å². The summed E-state index contributed by atoms with van der Waals surface area (Å²) < 4.78 is 12.3. The van der Waals surface area contributed by atoms with Gasteiger partial charge in [0.15, 0.2) is 0 Å². The molecule has 1 aliphatic rings. The van der Waals surface area contributed by atoms with E-state index in [1.165, 1.54) is 7.11 Å². The average Bonchev–Trinajstić information content (AvgIpc) is 3.21. The van der Waals surface area contributed by atoms with Gasteiger partial charge in [0.1, 0.15) is 12.1 Å². The van der Waals surface area contributed by atoms with Crippen LogP contribution in [-0.2, 0) is 9.53 Å². The number of benzene rings is 1. The van der Waals surface area contributed by atoms with Gasteiger partial charge in [-0.1, -0.05) is 6.07 Å². The quantitative estimate of drug-likeness (QED) is 0.444. The number of aromatic nitrogens is 5. The maximum atomic E-state index is 11.8.